The van der Waals surface area contributed by atoms with Crippen LogP contribution in [0.3, 0.4) is 0 Å². The number of fused-ring (bicyclic) bond motifs is 5. The van der Waals surface area contributed by atoms with E-state index in [1.807, 2.05) is 0 Å². The number of nitrogens with one attached hydrogen (secondary N) is 1. The summed E-state index contributed by atoms with van der Waals surface area (Å²) in [5.74, 6) is 10.6. The van der Waals surface area contributed by atoms with Gasteiger partial charge in [-0.05, 0) is 75.7 Å². The monoisotopic (exact) mass is 312 g/mol. The fraction of sp³-hybridized carbons (Fsp3) is 0.692. The third-order valence-corrected chi connectivity index (χ3v) is 7.09. The van der Waals surface area contributed by atoms with Gasteiger partial charge in [-0.3, -0.25) is 11.3 Å². The SMILES string of the molecule is NNC(c1cscc1Br)C1C2C3CCC(C3)C21. The average molecular weight is 313 g/mol. The molecule has 3 saturated carbocycles. The maximum absolute atomic E-state index is 5.82. The van der Waals surface area contributed by atoms with Crippen LogP contribution in [0.1, 0.15) is 30.9 Å². The number of hydrazine groups is 1. The third kappa shape index (κ3) is 1.44. The second kappa shape index (κ2) is 3.80. The van der Waals surface area contributed by atoms with Crippen LogP contribution in [0, 0.1) is 29.6 Å². The number of hydrogen-bond acceptors (Lipinski definition) is 3. The van der Waals surface area contributed by atoms with Gasteiger partial charge in [0.05, 0.1) is 6.04 Å². The van der Waals surface area contributed by atoms with Gasteiger partial charge < -0.3 is 0 Å². The number of thiophene rings is 1. The summed E-state index contributed by atoms with van der Waals surface area (Å²) in [5.41, 5.74) is 4.45. The van der Waals surface area contributed by atoms with Gasteiger partial charge in [0.25, 0.3) is 0 Å². The molecule has 5 atom stereocenters. The zero-order valence-corrected chi connectivity index (χ0v) is 12.0. The maximum atomic E-state index is 5.82. The van der Waals surface area contributed by atoms with Gasteiger partial charge in [0.2, 0.25) is 0 Å². The molecule has 0 aliphatic heterocycles. The molecule has 1 aromatic heterocycles. The first-order chi connectivity index (χ1) is 8.31. The van der Waals surface area contributed by atoms with E-state index in [4.69, 9.17) is 5.84 Å². The molecule has 3 aliphatic rings. The van der Waals surface area contributed by atoms with Crippen molar-refractivity contribution >= 4 is 27.3 Å². The summed E-state index contributed by atoms with van der Waals surface area (Å²) in [4.78, 5) is 0. The highest BCUT2D eigenvalue weighted by atomic mass is 79.9. The van der Waals surface area contributed by atoms with Crippen LogP contribution in [0.4, 0.5) is 0 Å². The van der Waals surface area contributed by atoms with Gasteiger partial charge >= 0.3 is 0 Å². The second-order valence-corrected chi connectivity index (χ2v) is 7.48. The van der Waals surface area contributed by atoms with Crippen LogP contribution in [-0.4, -0.2) is 0 Å². The quantitative estimate of drug-likeness (QED) is 0.664. The van der Waals surface area contributed by atoms with Crippen LogP contribution in [0.15, 0.2) is 15.2 Å². The summed E-state index contributed by atoms with van der Waals surface area (Å²) in [7, 11) is 0. The van der Waals surface area contributed by atoms with Crippen LogP contribution in [0.2, 0.25) is 0 Å². The van der Waals surface area contributed by atoms with Gasteiger partial charge in [-0.1, -0.05) is 0 Å². The van der Waals surface area contributed by atoms with E-state index < -0.39 is 0 Å². The maximum Gasteiger partial charge on any atom is 0.0513 e. The van der Waals surface area contributed by atoms with Gasteiger partial charge in [-0.15, -0.1) is 0 Å². The molecule has 1 aromatic rings. The molecule has 0 spiro atoms. The summed E-state index contributed by atoms with van der Waals surface area (Å²) in [6, 6.07) is 0.369. The van der Waals surface area contributed by atoms with E-state index in [2.05, 4.69) is 32.1 Å². The van der Waals surface area contributed by atoms with Crippen LogP contribution in [-0.2, 0) is 0 Å². The first-order valence-corrected chi connectivity index (χ1v) is 8.22. The Kier molecular flexibility index (Phi) is 2.45. The van der Waals surface area contributed by atoms with Crippen molar-refractivity contribution in [3.05, 3.63) is 20.8 Å². The number of rotatable bonds is 3. The summed E-state index contributed by atoms with van der Waals surface area (Å²) in [6.45, 7) is 0. The highest BCUT2D eigenvalue weighted by molar-refractivity contribution is 9.10. The smallest absolute Gasteiger partial charge is 0.0513 e. The fourth-order valence-corrected chi connectivity index (χ4v) is 6.34. The normalized spacial score (nSPS) is 43.8. The predicted molar refractivity (Wildman–Crippen MR) is 73.4 cm³/mol. The third-order valence-electron chi connectivity index (χ3n) is 5.34. The van der Waals surface area contributed by atoms with Crippen molar-refractivity contribution in [1.82, 2.24) is 5.43 Å². The lowest BCUT2D eigenvalue weighted by atomic mass is 9.95. The van der Waals surface area contributed by atoms with E-state index in [-0.39, 0.29) is 0 Å². The molecule has 2 bridgehead atoms. The van der Waals surface area contributed by atoms with E-state index in [1.165, 1.54) is 29.3 Å². The lowest BCUT2D eigenvalue weighted by Crippen LogP contribution is -2.31. The van der Waals surface area contributed by atoms with E-state index in [0.717, 1.165) is 29.6 Å². The molecule has 1 heterocycles. The highest BCUT2D eigenvalue weighted by Crippen LogP contribution is 2.72. The van der Waals surface area contributed by atoms with E-state index in [9.17, 15) is 0 Å². The molecule has 5 unspecified atom stereocenters. The zero-order chi connectivity index (χ0) is 11.6. The highest BCUT2D eigenvalue weighted by Gasteiger charge is 2.66. The van der Waals surface area contributed by atoms with Crippen molar-refractivity contribution in [3.63, 3.8) is 0 Å². The Hall–Kier alpha value is 0.100. The lowest BCUT2D eigenvalue weighted by molar-refractivity contribution is 0.374. The standard InChI is InChI=1S/C13H17BrN2S/c14-9-5-17-4-8(9)13(16-15)12-10-6-1-2-7(3-6)11(10)12/h4-7,10-13,16H,1-3,15H2. The Morgan fingerprint density at radius 1 is 1.29 bits per heavy atom. The molecule has 3 aliphatic carbocycles. The molecule has 0 saturated heterocycles. The molecule has 0 radical (unpaired) electrons. The van der Waals surface area contributed by atoms with Crippen LogP contribution in [0.5, 0.6) is 0 Å². The summed E-state index contributed by atoms with van der Waals surface area (Å²) in [5, 5.41) is 4.40. The van der Waals surface area contributed by atoms with E-state index in [1.54, 1.807) is 11.3 Å². The van der Waals surface area contributed by atoms with Crippen molar-refractivity contribution < 1.29 is 0 Å². The number of nitrogens with two attached hydrogens (primary N) is 1. The minimum absolute atomic E-state index is 0.369. The summed E-state index contributed by atoms with van der Waals surface area (Å²) < 4.78 is 1.22. The van der Waals surface area contributed by atoms with Crippen LogP contribution in [0.25, 0.3) is 0 Å². The molecular weight excluding hydrogens is 296 g/mol. The molecular formula is C13H17BrN2S. The van der Waals surface area contributed by atoms with Crippen LogP contribution >= 0.6 is 27.3 Å². The van der Waals surface area contributed by atoms with Crippen molar-refractivity contribution in [2.24, 2.45) is 35.4 Å². The molecule has 92 valence electrons. The summed E-state index contributed by atoms with van der Waals surface area (Å²) in [6.07, 6.45) is 4.46. The zero-order valence-electron chi connectivity index (χ0n) is 9.60. The first kappa shape index (κ1) is 11.0. The Labute approximate surface area is 114 Å². The molecule has 3 fully saturated rings. The Bertz CT molecular complexity index is 430. The van der Waals surface area contributed by atoms with Gasteiger partial charge in [0, 0.05) is 9.85 Å². The molecule has 4 heteroatoms. The molecule has 0 aromatic carbocycles. The van der Waals surface area contributed by atoms with Crippen molar-refractivity contribution in [2.75, 3.05) is 0 Å². The van der Waals surface area contributed by atoms with Crippen molar-refractivity contribution in [2.45, 2.75) is 25.3 Å². The van der Waals surface area contributed by atoms with Gasteiger partial charge in [-0.25, -0.2) is 0 Å². The van der Waals surface area contributed by atoms with Gasteiger partial charge in [-0.2, -0.15) is 11.3 Å². The minimum Gasteiger partial charge on any atom is -0.271 e. The van der Waals surface area contributed by atoms with Crippen molar-refractivity contribution in [3.8, 4) is 0 Å². The van der Waals surface area contributed by atoms with E-state index in [0.29, 0.717) is 6.04 Å². The van der Waals surface area contributed by atoms with Gasteiger partial charge in [0.1, 0.15) is 0 Å². The Balaban J connectivity index is 1.61. The molecule has 2 nitrogen and oxygen atoms in total. The average Bonchev–Trinajstić information content (AvgIpc) is 2.72. The van der Waals surface area contributed by atoms with Crippen LogP contribution < -0.4 is 11.3 Å². The molecule has 3 N–H and O–H groups in total. The molecule has 0 amide bonds. The number of halogens is 1. The Morgan fingerprint density at radius 3 is 2.53 bits per heavy atom. The fourth-order valence-electron chi connectivity index (χ4n) is 4.76. The largest absolute Gasteiger partial charge is 0.271 e. The van der Waals surface area contributed by atoms with Gasteiger partial charge in [0.15, 0.2) is 0 Å². The van der Waals surface area contributed by atoms with Crippen molar-refractivity contribution in [1.29, 1.82) is 0 Å². The summed E-state index contributed by atoms with van der Waals surface area (Å²) >= 11 is 5.40. The first-order valence-electron chi connectivity index (χ1n) is 6.49. The number of hydrogen-bond donors (Lipinski definition) is 2. The molecule has 4 rings (SSSR count). The predicted octanol–water partition coefficient (Wildman–Crippen LogP) is 3.31. The molecule has 17 heavy (non-hydrogen) atoms. The topological polar surface area (TPSA) is 38.0 Å². The lowest BCUT2D eigenvalue weighted by Gasteiger charge is -2.19. The van der Waals surface area contributed by atoms with E-state index >= 15 is 0 Å². The minimum atomic E-state index is 0.369. The second-order valence-electron chi connectivity index (χ2n) is 5.88. The Morgan fingerprint density at radius 2 is 2.00 bits per heavy atom.